The summed E-state index contributed by atoms with van der Waals surface area (Å²) in [6, 6.07) is 10.3. The third kappa shape index (κ3) is 3.70. The minimum absolute atomic E-state index is 0.188. The Balaban J connectivity index is 2.09. The molecule has 0 radical (unpaired) electrons. The van der Waals surface area contributed by atoms with E-state index in [4.69, 9.17) is 0 Å². The number of benzene rings is 1. The maximum atomic E-state index is 9.65. The van der Waals surface area contributed by atoms with Crippen molar-refractivity contribution in [2.24, 2.45) is 13.0 Å². The van der Waals surface area contributed by atoms with E-state index in [9.17, 15) is 5.11 Å². The van der Waals surface area contributed by atoms with E-state index in [0.717, 1.165) is 29.4 Å². The molecule has 3 nitrogen and oxygen atoms in total. The van der Waals surface area contributed by atoms with E-state index in [-0.39, 0.29) is 12.5 Å². The summed E-state index contributed by atoms with van der Waals surface area (Å²) in [7, 11) is 1.97. The van der Waals surface area contributed by atoms with Crippen LogP contribution in [0, 0.1) is 5.92 Å². The molecule has 2 aromatic rings. The van der Waals surface area contributed by atoms with Crippen molar-refractivity contribution in [2.45, 2.75) is 26.2 Å². The Hall–Kier alpha value is -1.13. The van der Waals surface area contributed by atoms with Crippen molar-refractivity contribution in [3.8, 4) is 0 Å². The van der Waals surface area contributed by atoms with Crippen LogP contribution in [0.3, 0.4) is 0 Å². The standard InChI is InChI=1S/C16H21BrN2O/c1-3-14-10-15(19(2)18-14)9-12(11-20)8-13-6-4-5-7-16(13)17/h4-7,10,12,20H,3,8-9,11H2,1-2H3. The van der Waals surface area contributed by atoms with Crippen molar-refractivity contribution in [3.63, 3.8) is 0 Å². The van der Waals surface area contributed by atoms with Gasteiger partial charge in [0.1, 0.15) is 0 Å². The summed E-state index contributed by atoms with van der Waals surface area (Å²) in [5.41, 5.74) is 3.54. The van der Waals surface area contributed by atoms with Gasteiger partial charge in [-0.15, -0.1) is 0 Å². The second kappa shape index (κ2) is 7.04. The third-order valence-electron chi connectivity index (χ3n) is 3.61. The maximum Gasteiger partial charge on any atom is 0.0624 e. The number of rotatable bonds is 6. The summed E-state index contributed by atoms with van der Waals surface area (Å²) < 4.78 is 3.04. The molecule has 1 aromatic carbocycles. The zero-order valence-electron chi connectivity index (χ0n) is 12.0. The molecule has 0 aliphatic heterocycles. The summed E-state index contributed by atoms with van der Waals surface area (Å²) in [5.74, 6) is 0.216. The Labute approximate surface area is 128 Å². The number of aryl methyl sites for hydroxylation is 2. The van der Waals surface area contributed by atoms with Gasteiger partial charge in [-0.2, -0.15) is 5.10 Å². The average Bonchev–Trinajstić information content (AvgIpc) is 2.81. The second-order valence-corrected chi connectivity index (χ2v) is 6.01. The Bertz CT molecular complexity index is 565. The van der Waals surface area contributed by atoms with E-state index < -0.39 is 0 Å². The first-order valence-corrected chi connectivity index (χ1v) is 7.79. The summed E-state index contributed by atoms with van der Waals surface area (Å²) in [6.07, 6.45) is 2.66. The predicted octanol–water partition coefficient (Wildman–Crippen LogP) is 3.14. The van der Waals surface area contributed by atoms with Gasteiger partial charge in [0.2, 0.25) is 0 Å². The van der Waals surface area contributed by atoms with E-state index in [1.165, 1.54) is 11.3 Å². The number of aliphatic hydroxyl groups is 1. The molecule has 1 N–H and O–H groups in total. The molecule has 0 aliphatic carbocycles. The van der Waals surface area contributed by atoms with Gasteiger partial charge in [-0.05, 0) is 42.9 Å². The number of hydrogen-bond donors (Lipinski definition) is 1. The van der Waals surface area contributed by atoms with Gasteiger partial charge in [-0.1, -0.05) is 41.1 Å². The van der Waals surface area contributed by atoms with Crippen molar-refractivity contribution in [3.05, 3.63) is 51.8 Å². The van der Waals surface area contributed by atoms with Crippen LogP contribution in [-0.4, -0.2) is 21.5 Å². The highest BCUT2D eigenvalue weighted by Crippen LogP contribution is 2.21. The Morgan fingerprint density at radius 2 is 2.05 bits per heavy atom. The van der Waals surface area contributed by atoms with Gasteiger partial charge in [0.15, 0.2) is 0 Å². The van der Waals surface area contributed by atoms with Gasteiger partial charge < -0.3 is 5.11 Å². The lowest BCUT2D eigenvalue weighted by Gasteiger charge is -2.15. The van der Waals surface area contributed by atoms with Gasteiger partial charge >= 0.3 is 0 Å². The first-order valence-electron chi connectivity index (χ1n) is 7.00. The Morgan fingerprint density at radius 1 is 1.30 bits per heavy atom. The van der Waals surface area contributed by atoms with E-state index in [2.05, 4.69) is 40.1 Å². The van der Waals surface area contributed by atoms with Crippen LogP contribution in [0.1, 0.15) is 23.9 Å². The molecule has 0 saturated heterocycles. The van der Waals surface area contributed by atoms with Crippen LogP contribution >= 0.6 is 15.9 Å². The molecule has 2 rings (SSSR count). The number of nitrogens with zero attached hydrogens (tertiary/aromatic N) is 2. The van der Waals surface area contributed by atoms with Gasteiger partial charge in [-0.3, -0.25) is 4.68 Å². The fourth-order valence-electron chi connectivity index (χ4n) is 2.41. The Kier molecular flexibility index (Phi) is 5.38. The monoisotopic (exact) mass is 336 g/mol. The average molecular weight is 337 g/mol. The van der Waals surface area contributed by atoms with Gasteiger partial charge in [-0.25, -0.2) is 0 Å². The first-order chi connectivity index (χ1) is 9.63. The van der Waals surface area contributed by atoms with E-state index in [1.54, 1.807) is 0 Å². The molecule has 20 heavy (non-hydrogen) atoms. The van der Waals surface area contributed by atoms with E-state index in [1.807, 2.05) is 29.9 Å². The lowest BCUT2D eigenvalue weighted by Crippen LogP contribution is -2.15. The normalized spacial score (nSPS) is 12.6. The van der Waals surface area contributed by atoms with Crippen LogP contribution in [0.2, 0.25) is 0 Å². The molecule has 1 unspecified atom stereocenters. The second-order valence-electron chi connectivity index (χ2n) is 5.15. The number of aromatic nitrogens is 2. The molecule has 1 aromatic heterocycles. The first kappa shape index (κ1) is 15.3. The fraction of sp³-hybridized carbons (Fsp3) is 0.438. The molecule has 0 amide bonds. The molecule has 1 atom stereocenters. The number of aliphatic hydroxyl groups excluding tert-OH is 1. The number of hydrogen-bond acceptors (Lipinski definition) is 2. The third-order valence-corrected chi connectivity index (χ3v) is 4.39. The van der Waals surface area contributed by atoms with Crippen molar-refractivity contribution < 1.29 is 5.11 Å². The van der Waals surface area contributed by atoms with E-state index in [0.29, 0.717) is 0 Å². The van der Waals surface area contributed by atoms with Gasteiger partial charge in [0, 0.05) is 23.8 Å². The molecular weight excluding hydrogens is 316 g/mol. The SMILES string of the molecule is CCc1cc(CC(CO)Cc2ccccc2Br)n(C)n1. The van der Waals surface area contributed by atoms with Crippen molar-refractivity contribution in [1.29, 1.82) is 0 Å². The van der Waals surface area contributed by atoms with Crippen molar-refractivity contribution >= 4 is 15.9 Å². The molecule has 4 heteroatoms. The lowest BCUT2D eigenvalue weighted by molar-refractivity contribution is 0.223. The van der Waals surface area contributed by atoms with E-state index >= 15 is 0 Å². The fourth-order valence-corrected chi connectivity index (χ4v) is 2.85. The zero-order valence-corrected chi connectivity index (χ0v) is 13.6. The molecule has 1 heterocycles. The van der Waals surface area contributed by atoms with Crippen LogP contribution in [0.25, 0.3) is 0 Å². The van der Waals surface area contributed by atoms with Crippen LogP contribution in [0.5, 0.6) is 0 Å². The topological polar surface area (TPSA) is 38.0 Å². The molecule has 0 fully saturated rings. The van der Waals surface area contributed by atoms with Crippen molar-refractivity contribution in [2.75, 3.05) is 6.61 Å². The highest BCUT2D eigenvalue weighted by Gasteiger charge is 2.14. The molecule has 0 saturated carbocycles. The number of halogens is 1. The molecular formula is C16H21BrN2O. The van der Waals surface area contributed by atoms with Crippen molar-refractivity contribution in [1.82, 2.24) is 9.78 Å². The van der Waals surface area contributed by atoms with Crippen LogP contribution in [0.15, 0.2) is 34.8 Å². The summed E-state index contributed by atoms with van der Waals surface area (Å²) >= 11 is 3.57. The zero-order chi connectivity index (χ0) is 14.5. The van der Waals surface area contributed by atoms with Crippen LogP contribution in [-0.2, 0) is 26.3 Å². The smallest absolute Gasteiger partial charge is 0.0624 e. The minimum atomic E-state index is 0.188. The molecule has 0 bridgehead atoms. The molecule has 0 spiro atoms. The maximum absolute atomic E-state index is 9.65. The van der Waals surface area contributed by atoms with Crippen LogP contribution < -0.4 is 0 Å². The Morgan fingerprint density at radius 3 is 2.65 bits per heavy atom. The summed E-state index contributed by atoms with van der Waals surface area (Å²) in [5, 5.41) is 14.1. The highest BCUT2D eigenvalue weighted by molar-refractivity contribution is 9.10. The van der Waals surface area contributed by atoms with Crippen LogP contribution in [0.4, 0.5) is 0 Å². The highest BCUT2D eigenvalue weighted by atomic mass is 79.9. The predicted molar refractivity (Wildman–Crippen MR) is 84.7 cm³/mol. The minimum Gasteiger partial charge on any atom is -0.396 e. The molecule has 108 valence electrons. The summed E-state index contributed by atoms with van der Waals surface area (Å²) in [4.78, 5) is 0. The molecule has 0 aliphatic rings. The summed E-state index contributed by atoms with van der Waals surface area (Å²) in [6.45, 7) is 2.30. The lowest BCUT2D eigenvalue weighted by atomic mass is 9.95. The van der Waals surface area contributed by atoms with Gasteiger partial charge in [0.25, 0.3) is 0 Å². The largest absolute Gasteiger partial charge is 0.396 e. The quantitative estimate of drug-likeness (QED) is 0.879. The van der Waals surface area contributed by atoms with Gasteiger partial charge in [0.05, 0.1) is 5.69 Å².